The zero-order chi connectivity index (χ0) is 11.4. The van der Waals surface area contributed by atoms with E-state index in [1.54, 1.807) is 0 Å². The van der Waals surface area contributed by atoms with Gasteiger partial charge in [0.05, 0.1) is 0 Å². The molecule has 0 spiro atoms. The van der Waals surface area contributed by atoms with E-state index in [-0.39, 0.29) is 0 Å². The standard InChI is InChI=1S/C14H20N2/c1-12(14-9-6-10-16(14)2)15-11-13-7-4-3-5-8-13/h3-5,7-8,14-15H,1,6,9-11H2,2H3. The topological polar surface area (TPSA) is 15.3 Å². The Morgan fingerprint density at radius 2 is 2.19 bits per heavy atom. The summed E-state index contributed by atoms with van der Waals surface area (Å²) >= 11 is 0. The minimum Gasteiger partial charge on any atom is -0.383 e. The van der Waals surface area contributed by atoms with Gasteiger partial charge in [0.1, 0.15) is 0 Å². The van der Waals surface area contributed by atoms with Crippen molar-refractivity contribution in [2.45, 2.75) is 25.4 Å². The quantitative estimate of drug-likeness (QED) is 0.831. The van der Waals surface area contributed by atoms with Crippen LogP contribution in [0, 0.1) is 0 Å². The first-order valence-electron chi connectivity index (χ1n) is 5.94. The fourth-order valence-corrected chi connectivity index (χ4v) is 2.28. The van der Waals surface area contributed by atoms with Gasteiger partial charge in [0.15, 0.2) is 0 Å². The average molecular weight is 216 g/mol. The fraction of sp³-hybridized carbons (Fsp3) is 0.429. The van der Waals surface area contributed by atoms with E-state index in [9.17, 15) is 0 Å². The molecular formula is C14H20N2. The van der Waals surface area contributed by atoms with E-state index >= 15 is 0 Å². The highest BCUT2D eigenvalue weighted by Crippen LogP contribution is 2.19. The Morgan fingerprint density at radius 1 is 1.44 bits per heavy atom. The van der Waals surface area contributed by atoms with Gasteiger partial charge in [-0.25, -0.2) is 0 Å². The van der Waals surface area contributed by atoms with Gasteiger partial charge in [-0.05, 0) is 32.0 Å². The molecule has 0 aromatic heterocycles. The summed E-state index contributed by atoms with van der Waals surface area (Å²) in [4.78, 5) is 2.38. The summed E-state index contributed by atoms with van der Waals surface area (Å²) < 4.78 is 0. The number of rotatable bonds is 4. The number of likely N-dealkylation sites (tertiary alicyclic amines) is 1. The Balaban J connectivity index is 1.84. The number of nitrogens with one attached hydrogen (secondary N) is 1. The van der Waals surface area contributed by atoms with Crippen molar-refractivity contribution < 1.29 is 0 Å². The molecule has 1 aliphatic rings. The molecule has 0 amide bonds. The maximum absolute atomic E-state index is 4.15. The smallest absolute Gasteiger partial charge is 0.0486 e. The van der Waals surface area contributed by atoms with E-state index in [4.69, 9.17) is 0 Å². The van der Waals surface area contributed by atoms with E-state index in [1.165, 1.54) is 24.9 Å². The largest absolute Gasteiger partial charge is 0.383 e. The predicted molar refractivity (Wildman–Crippen MR) is 68.1 cm³/mol. The third-order valence-electron chi connectivity index (χ3n) is 3.29. The maximum atomic E-state index is 4.15. The Bertz CT molecular complexity index is 345. The number of hydrogen-bond acceptors (Lipinski definition) is 2. The average Bonchev–Trinajstić information content (AvgIpc) is 2.74. The first kappa shape index (κ1) is 11.2. The van der Waals surface area contributed by atoms with Gasteiger partial charge in [-0.1, -0.05) is 36.9 Å². The van der Waals surface area contributed by atoms with Gasteiger partial charge >= 0.3 is 0 Å². The van der Waals surface area contributed by atoms with Crippen LogP contribution in [-0.2, 0) is 6.54 Å². The van der Waals surface area contributed by atoms with E-state index in [2.05, 4.69) is 48.1 Å². The molecule has 2 heteroatoms. The highest BCUT2D eigenvalue weighted by atomic mass is 15.2. The molecule has 0 bridgehead atoms. The predicted octanol–water partition coefficient (Wildman–Crippen LogP) is 2.38. The Morgan fingerprint density at radius 3 is 2.81 bits per heavy atom. The molecule has 1 aliphatic heterocycles. The normalized spacial score (nSPS) is 20.9. The molecule has 86 valence electrons. The zero-order valence-electron chi connectivity index (χ0n) is 9.95. The molecule has 1 saturated heterocycles. The van der Waals surface area contributed by atoms with Gasteiger partial charge in [0.2, 0.25) is 0 Å². The SMILES string of the molecule is C=C(NCc1ccccc1)C1CCCN1C. The lowest BCUT2D eigenvalue weighted by Crippen LogP contribution is -2.32. The summed E-state index contributed by atoms with van der Waals surface area (Å²) in [6.45, 7) is 6.22. The molecule has 1 aromatic rings. The Labute approximate surface area is 98.0 Å². The lowest BCUT2D eigenvalue weighted by Gasteiger charge is -2.22. The molecular weight excluding hydrogens is 196 g/mol. The molecule has 2 rings (SSSR count). The van der Waals surface area contributed by atoms with Crippen molar-refractivity contribution in [2.75, 3.05) is 13.6 Å². The van der Waals surface area contributed by atoms with Crippen LogP contribution >= 0.6 is 0 Å². The number of benzene rings is 1. The van der Waals surface area contributed by atoms with Crippen molar-refractivity contribution in [3.63, 3.8) is 0 Å². The molecule has 1 heterocycles. The Kier molecular flexibility index (Phi) is 3.62. The first-order valence-corrected chi connectivity index (χ1v) is 5.94. The molecule has 0 aliphatic carbocycles. The third kappa shape index (κ3) is 2.64. The second-order valence-corrected chi connectivity index (χ2v) is 4.50. The molecule has 16 heavy (non-hydrogen) atoms. The highest BCUT2D eigenvalue weighted by Gasteiger charge is 2.22. The van der Waals surface area contributed by atoms with Crippen LogP contribution in [0.15, 0.2) is 42.6 Å². The molecule has 0 radical (unpaired) electrons. The van der Waals surface area contributed by atoms with Crippen molar-refractivity contribution in [3.05, 3.63) is 48.2 Å². The van der Waals surface area contributed by atoms with Gasteiger partial charge in [-0.3, -0.25) is 4.90 Å². The first-order chi connectivity index (χ1) is 7.77. The van der Waals surface area contributed by atoms with E-state index in [0.717, 1.165) is 12.2 Å². The molecule has 0 saturated carbocycles. The van der Waals surface area contributed by atoms with Gasteiger partial charge in [-0.2, -0.15) is 0 Å². The van der Waals surface area contributed by atoms with Crippen molar-refractivity contribution in [1.82, 2.24) is 10.2 Å². The summed E-state index contributed by atoms with van der Waals surface area (Å²) in [6, 6.07) is 11.0. The second-order valence-electron chi connectivity index (χ2n) is 4.50. The maximum Gasteiger partial charge on any atom is 0.0486 e. The van der Waals surface area contributed by atoms with Gasteiger partial charge < -0.3 is 5.32 Å². The molecule has 1 N–H and O–H groups in total. The third-order valence-corrected chi connectivity index (χ3v) is 3.29. The molecule has 1 atom stereocenters. The minimum atomic E-state index is 0.517. The summed E-state index contributed by atoms with van der Waals surface area (Å²) in [5.74, 6) is 0. The van der Waals surface area contributed by atoms with Crippen molar-refractivity contribution in [3.8, 4) is 0 Å². The summed E-state index contributed by atoms with van der Waals surface area (Å²) in [5.41, 5.74) is 2.47. The van der Waals surface area contributed by atoms with E-state index in [0.29, 0.717) is 6.04 Å². The highest BCUT2D eigenvalue weighted by molar-refractivity contribution is 5.16. The van der Waals surface area contributed by atoms with Crippen molar-refractivity contribution >= 4 is 0 Å². The lowest BCUT2D eigenvalue weighted by atomic mass is 10.1. The van der Waals surface area contributed by atoms with Gasteiger partial charge in [-0.15, -0.1) is 0 Å². The van der Waals surface area contributed by atoms with Crippen molar-refractivity contribution in [2.24, 2.45) is 0 Å². The van der Waals surface area contributed by atoms with E-state index < -0.39 is 0 Å². The van der Waals surface area contributed by atoms with Crippen LogP contribution in [0.2, 0.25) is 0 Å². The van der Waals surface area contributed by atoms with Crippen LogP contribution in [-0.4, -0.2) is 24.5 Å². The lowest BCUT2D eigenvalue weighted by molar-refractivity contribution is 0.334. The molecule has 2 nitrogen and oxygen atoms in total. The fourth-order valence-electron chi connectivity index (χ4n) is 2.28. The zero-order valence-corrected chi connectivity index (χ0v) is 9.95. The van der Waals surface area contributed by atoms with Crippen LogP contribution < -0.4 is 5.32 Å². The van der Waals surface area contributed by atoms with E-state index in [1.807, 2.05) is 6.07 Å². The number of nitrogens with zero attached hydrogens (tertiary/aromatic N) is 1. The summed E-state index contributed by atoms with van der Waals surface area (Å²) in [7, 11) is 2.17. The second kappa shape index (κ2) is 5.17. The molecule has 1 unspecified atom stereocenters. The van der Waals surface area contributed by atoms with Crippen molar-refractivity contribution in [1.29, 1.82) is 0 Å². The minimum absolute atomic E-state index is 0.517. The molecule has 1 aromatic carbocycles. The number of likely N-dealkylation sites (N-methyl/N-ethyl adjacent to an activating group) is 1. The van der Waals surface area contributed by atoms with Gasteiger partial charge in [0, 0.05) is 18.3 Å². The molecule has 1 fully saturated rings. The van der Waals surface area contributed by atoms with Crippen LogP contribution in [0.25, 0.3) is 0 Å². The van der Waals surface area contributed by atoms with Crippen LogP contribution in [0.5, 0.6) is 0 Å². The van der Waals surface area contributed by atoms with Gasteiger partial charge in [0.25, 0.3) is 0 Å². The Hall–Kier alpha value is -1.28. The van der Waals surface area contributed by atoms with Crippen LogP contribution in [0.3, 0.4) is 0 Å². The van der Waals surface area contributed by atoms with Crippen LogP contribution in [0.4, 0.5) is 0 Å². The summed E-state index contributed by atoms with van der Waals surface area (Å²) in [5, 5.41) is 3.44. The summed E-state index contributed by atoms with van der Waals surface area (Å²) in [6.07, 6.45) is 2.52. The van der Waals surface area contributed by atoms with Crippen LogP contribution in [0.1, 0.15) is 18.4 Å². The number of hydrogen-bond donors (Lipinski definition) is 1. The monoisotopic (exact) mass is 216 g/mol.